The smallest absolute Gasteiger partial charge is 0.256 e. The van der Waals surface area contributed by atoms with Crippen LogP contribution < -0.4 is 5.32 Å². The average Bonchev–Trinajstić information content (AvgIpc) is 3.27. The topological polar surface area (TPSA) is 91.2 Å². The predicted octanol–water partition coefficient (Wildman–Crippen LogP) is 4.31. The zero-order valence-corrected chi connectivity index (χ0v) is 20.1. The second kappa shape index (κ2) is 7.46. The normalized spacial score (nSPS) is 22.7. The van der Waals surface area contributed by atoms with Crippen molar-refractivity contribution in [1.82, 2.24) is 19.5 Å². The Morgan fingerprint density at radius 1 is 1.22 bits per heavy atom. The van der Waals surface area contributed by atoms with Crippen LogP contribution in [0.3, 0.4) is 0 Å². The summed E-state index contributed by atoms with van der Waals surface area (Å²) in [6.07, 6.45) is 2.74. The average molecular weight is 452 g/mol. The molecule has 2 aliphatic heterocycles. The standard InChI is InChI=1S/C23H29N5O3Si/c1-23(2,3)32(4,5)31-16-12-18-28-17(11-15(16)30-18)26-19-20(24-13-25-21(19)28)27-22(29)14-9-7-6-8-10-14/h6-10,13,15-16,18H,11-12H2,1-5H3,(H,24,25,27,29)/t15-,16-,18+/m0/s1. The summed E-state index contributed by atoms with van der Waals surface area (Å²) in [6, 6.07) is 9.06. The first-order chi connectivity index (χ1) is 15.1. The molecule has 0 saturated carbocycles. The second-order valence-electron chi connectivity index (χ2n) is 10.1. The van der Waals surface area contributed by atoms with Gasteiger partial charge in [0.2, 0.25) is 0 Å². The minimum atomic E-state index is -1.91. The van der Waals surface area contributed by atoms with E-state index in [9.17, 15) is 4.79 Å². The number of hydrogen-bond donors (Lipinski definition) is 1. The Balaban J connectivity index is 1.42. The van der Waals surface area contributed by atoms with Crippen molar-refractivity contribution in [1.29, 1.82) is 0 Å². The molecule has 1 aromatic carbocycles. The lowest BCUT2D eigenvalue weighted by molar-refractivity contribution is -0.0344. The molecule has 0 aliphatic carbocycles. The van der Waals surface area contributed by atoms with Gasteiger partial charge in [0, 0.05) is 18.4 Å². The molecule has 0 spiro atoms. The molecule has 8 nitrogen and oxygen atoms in total. The molecule has 3 aromatic rings. The number of amides is 1. The van der Waals surface area contributed by atoms with E-state index in [-0.39, 0.29) is 29.4 Å². The van der Waals surface area contributed by atoms with Gasteiger partial charge in [-0.05, 0) is 30.3 Å². The monoisotopic (exact) mass is 451 g/mol. The van der Waals surface area contributed by atoms with E-state index < -0.39 is 8.32 Å². The molecular formula is C23H29N5O3Si. The zero-order valence-electron chi connectivity index (χ0n) is 19.1. The quantitative estimate of drug-likeness (QED) is 0.594. The summed E-state index contributed by atoms with van der Waals surface area (Å²) in [4.78, 5) is 26.2. The molecule has 1 fully saturated rings. The number of ether oxygens (including phenoxy) is 1. The van der Waals surface area contributed by atoms with Crippen LogP contribution in [0.25, 0.3) is 11.2 Å². The number of carbonyl (C=O) groups excluding carboxylic acids is 1. The molecule has 1 saturated heterocycles. The van der Waals surface area contributed by atoms with E-state index >= 15 is 0 Å². The van der Waals surface area contributed by atoms with Gasteiger partial charge in [0.05, 0.1) is 12.2 Å². The number of hydrogen-bond acceptors (Lipinski definition) is 6. The van der Waals surface area contributed by atoms with E-state index in [0.29, 0.717) is 29.0 Å². The number of anilines is 1. The number of nitrogens with zero attached hydrogens (tertiary/aromatic N) is 4. The molecule has 4 heterocycles. The van der Waals surface area contributed by atoms with Crippen molar-refractivity contribution in [3.63, 3.8) is 0 Å². The van der Waals surface area contributed by atoms with Crippen molar-refractivity contribution in [2.45, 2.75) is 70.2 Å². The van der Waals surface area contributed by atoms with Gasteiger partial charge in [0.1, 0.15) is 18.4 Å². The lowest BCUT2D eigenvalue weighted by atomic mass is 10.1. The van der Waals surface area contributed by atoms with Crippen molar-refractivity contribution in [3.05, 3.63) is 48.0 Å². The van der Waals surface area contributed by atoms with Crippen LogP contribution in [-0.4, -0.2) is 46.0 Å². The minimum Gasteiger partial charge on any atom is -0.411 e. The third-order valence-corrected chi connectivity index (χ3v) is 11.4. The van der Waals surface area contributed by atoms with Crippen LogP contribution in [-0.2, 0) is 15.6 Å². The Kier molecular flexibility index (Phi) is 4.95. The molecule has 32 heavy (non-hydrogen) atoms. The molecule has 5 rings (SSSR count). The van der Waals surface area contributed by atoms with Gasteiger partial charge in [0.15, 0.2) is 25.3 Å². The third-order valence-electron chi connectivity index (χ3n) is 6.92. The maximum Gasteiger partial charge on any atom is 0.256 e. The van der Waals surface area contributed by atoms with Gasteiger partial charge in [0.25, 0.3) is 5.91 Å². The van der Waals surface area contributed by atoms with Crippen LogP contribution >= 0.6 is 0 Å². The number of aromatic nitrogens is 4. The number of fused-ring (bicyclic) bond motifs is 6. The van der Waals surface area contributed by atoms with E-state index in [1.807, 2.05) is 22.8 Å². The number of imidazole rings is 1. The van der Waals surface area contributed by atoms with Gasteiger partial charge in [-0.1, -0.05) is 39.0 Å². The fourth-order valence-corrected chi connectivity index (χ4v) is 5.52. The molecule has 3 atom stereocenters. The van der Waals surface area contributed by atoms with Crippen molar-refractivity contribution in [2.24, 2.45) is 0 Å². The largest absolute Gasteiger partial charge is 0.411 e. The lowest BCUT2D eigenvalue weighted by Gasteiger charge is -2.39. The molecule has 1 amide bonds. The fraction of sp³-hybridized carbons (Fsp3) is 0.478. The van der Waals surface area contributed by atoms with Crippen molar-refractivity contribution < 1.29 is 14.0 Å². The fourth-order valence-electron chi connectivity index (χ4n) is 4.16. The lowest BCUT2D eigenvalue weighted by Crippen LogP contribution is -2.46. The van der Waals surface area contributed by atoms with E-state index in [2.05, 4.69) is 49.1 Å². The van der Waals surface area contributed by atoms with Crippen LogP contribution in [0.5, 0.6) is 0 Å². The van der Waals surface area contributed by atoms with Crippen LogP contribution in [0, 0.1) is 0 Å². The number of nitrogens with one attached hydrogen (secondary N) is 1. The summed E-state index contributed by atoms with van der Waals surface area (Å²) in [5.41, 5.74) is 1.83. The zero-order chi connectivity index (χ0) is 22.7. The van der Waals surface area contributed by atoms with E-state index in [1.54, 1.807) is 12.1 Å². The molecule has 168 valence electrons. The van der Waals surface area contributed by atoms with E-state index in [1.165, 1.54) is 6.33 Å². The molecule has 9 heteroatoms. The molecule has 0 radical (unpaired) electrons. The molecule has 2 bridgehead atoms. The van der Waals surface area contributed by atoms with Crippen molar-refractivity contribution >= 4 is 31.2 Å². The Bertz CT molecular complexity index is 1170. The third kappa shape index (κ3) is 3.54. The van der Waals surface area contributed by atoms with Crippen LogP contribution in [0.2, 0.25) is 18.1 Å². The first kappa shape index (κ1) is 21.2. The first-order valence-electron chi connectivity index (χ1n) is 11.1. The van der Waals surface area contributed by atoms with Crippen LogP contribution in [0.4, 0.5) is 5.82 Å². The summed E-state index contributed by atoms with van der Waals surface area (Å²) < 4.78 is 15.1. The summed E-state index contributed by atoms with van der Waals surface area (Å²) in [5.74, 6) is 1.09. The van der Waals surface area contributed by atoms with Crippen LogP contribution in [0.1, 0.15) is 49.6 Å². The Morgan fingerprint density at radius 3 is 2.69 bits per heavy atom. The Morgan fingerprint density at radius 2 is 1.97 bits per heavy atom. The summed E-state index contributed by atoms with van der Waals surface area (Å²) >= 11 is 0. The maximum atomic E-state index is 12.6. The van der Waals surface area contributed by atoms with Gasteiger partial charge in [-0.2, -0.15) is 0 Å². The van der Waals surface area contributed by atoms with Gasteiger partial charge in [-0.25, -0.2) is 15.0 Å². The van der Waals surface area contributed by atoms with Gasteiger partial charge >= 0.3 is 0 Å². The molecule has 2 aliphatic rings. The minimum absolute atomic E-state index is 0.0197. The molecule has 1 N–H and O–H groups in total. The van der Waals surface area contributed by atoms with Crippen molar-refractivity contribution in [3.8, 4) is 0 Å². The molecular weight excluding hydrogens is 422 g/mol. The molecule has 2 aromatic heterocycles. The van der Waals surface area contributed by atoms with E-state index in [4.69, 9.17) is 14.1 Å². The van der Waals surface area contributed by atoms with E-state index in [0.717, 1.165) is 12.2 Å². The highest BCUT2D eigenvalue weighted by atomic mass is 28.4. The highest BCUT2D eigenvalue weighted by Crippen LogP contribution is 2.44. The van der Waals surface area contributed by atoms with Gasteiger partial charge in [-0.15, -0.1) is 0 Å². The highest BCUT2D eigenvalue weighted by molar-refractivity contribution is 6.74. The summed E-state index contributed by atoms with van der Waals surface area (Å²) in [7, 11) is -1.91. The molecule has 0 unspecified atom stereocenters. The van der Waals surface area contributed by atoms with Gasteiger partial charge < -0.3 is 14.5 Å². The number of carbonyl (C=O) groups is 1. The van der Waals surface area contributed by atoms with Crippen molar-refractivity contribution in [2.75, 3.05) is 5.32 Å². The first-order valence-corrected chi connectivity index (χ1v) is 14.0. The number of rotatable bonds is 4. The highest BCUT2D eigenvalue weighted by Gasteiger charge is 2.48. The maximum absolute atomic E-state index is 12.6. The Hall–Kier alpha value is -2.62. The predicted molar refractivity (Wildman–Crippen MR) is 124 cm³/mol. The summed E-state index contributed by atoms with van der Waals surface area (Å²) in [6.45, 7) is 11.3. The van der Waals surface area contributed by atoms with Crippen LogP contribution in [0.15, 0.2) is 36.7 Å². The SMILES string of the molecule is CC(C)(C)[Si](C)(C)O[C@H]1C[C@H]2O[C@H]1Cc1nc3c(NC(=O)c4ccccc4)ncnc3n12. The Labute approximate surface area is 188 Å². The van der Waals surface area contributed by atoms with Gasteiger partial charge in [-0.3, -0.25) is 9.36 Å². The second-order valence-corrected chi connectivity index (χ2v) is 14.9. The summed E-state index contributed by atoms with van der Waals surface area (Å²) in [5, 5.41) is 3.03. The number of benzene rings is 1.